The summed E-state index contributed by atoms with van der Waals surface area (Å²) in [6, 6.07) is 4.67. The monoisotopic (exact) mass is 344 g/mol. The smallest absolute Gasteiger partial charge is 0.378 e. The fourth-order valence-corrected chi connectivity index (χ4v) is 2.38. The number of halogens is 3. The van der Waals surface area contributed by atoms with Crippen molar-refractivity contribution in [3.8, 4) is 0 Å². The summed E-state index contributed by atoms with van der Waals surface area (Å²) in [4.78, 5) is 26.4. The quantitative estimate of drug-likeness (QED) is 0.858. The fourth-order valence-electron chi connectivity index (χ4n) is 2.38. The van der Waals surface area contributed by atoms with Gasteiger partial charge in [0.2, 0.25) is 11.8 Å². The van der Waals surface area contributed by atoms with E-state index in [1.165, 1.54) is 30.9 Å². The van der Waals surface area contributed by atoms with Crippen LogP contribution >= 0.6 is 0 Å². The van der Waals surface area contributed by atoms with Crippen LogP contribution in [0.2, 0.25) is 0 Å². The van der Waals surface area contributed by atoms with Gasteiger partial charge in [0.15, 0.2) is 0 Å². The maximum atomic E-state index is 13.0. The van der Waals surface area contributed by atoms with E-state index in [-0.39, 0.29) is 5.69 Å². The molecule has 132 valence electrons. The number of para-hydroxylation sites is 1. The van der Waals surface area contributed by atoms with Crippen LogP contribution in [-0.2, 0) is 20.5 Å². The maximum Gasteiger partial charge on any atom is 0.418 e. The molecule has 1 aromatic rings. The number of hydrogen-bond donors (Lipinski definition) is 1. The number of anilines is 1. The third kappa shape index (κ3) is 3.87. The number of alkyl halides is 3. The number of carbonyl (C=O) groups excluding carboxylic acids is 2. The normalized spacial score (nSPS) is 16.0. The molecule has 0 aliphatic carbocycles. The Morgan fingerprint density at radius 1 is 1.12 bits per heavy atom. The highest BCUT2D eigenvalue weighted by Gasteiger charge is 2.41. The lowest BCUT2D eigenvalue weighted by Crippen LogP contribution is -2.51. The zero-order valence-electron chi connectivity index (χ0n) is 13.4. The number of amides is 2. The molecule has 0 aromatic heterocycles. The van der Waals surface area contributed by atoms with E-state index in [4.69, 9.17) is 4.74 Å². The summed E-state index contributed by atoms with van der Waals surface area (Å²) in [6.07, 6.45) is -4.60. The predicted molar refractivity (Wildman–Crippen MR) is 81.3 cm³/mol. The van der Waals surface area contributed by atoms with E-state index in [0.717, 1.165) is 12.1 Å². The lowest BCUT2D eigenvalue weighted by Gasteiger charge is -2.33. The van der Waals surface area contributed by atoms with Gasteiger partial charge in [0.25, 0.3) is 0 Å². The number of carbonyl (C=O) groups is 2. The number of nitrogens with zero attached hydrogens (tertiary/aromatic N) is 1. The maximum absolute atomic E-state index is 13.0. The number of hydrogen-bond acceptors (Lipinski definition) is 3. The molecular formula is C16H19F3N2O3. The zero-order chi connectivity index (χ0) is 18.0. The van der Waals surface area contributed by atoms with Gasteiger partial charge in [-0.3, -0.25) is 9.59 Å². The van der Waals surface area contributed by atoms with Crippen molar-refractivity contribution in [2.75, 3.05) is 31.6 Å². The Kier molecular flexibility index (Phi) is 5.17. The van der Waals surface area contributed by atoms with Crippen LogP contribution in [0.3, 0.4) is 0 Å². The van der Waals surface area contributed by atoms with E-state index in [2.05, 4.69) is 5.32 Å². The summed E-state index contributed by atoms with van der Waals surface area (Å²) < 4.78 is 44.2. The second kappa shape index (κ2) is 6.80. The molecule has 1 N–H and O–H groups in total. The Morgan fingerprint density at radius 3 is 2.29 bits per heavy atom. The average molecular weight is 344 g/mol. The minimum absolute atomic E-state index is 0.356. The van der Waals surface area contributed by atoms with E-state index < -0.39 is 29.0 Å². The van der Waals surface area contributed by atoms with Crippen LogP contribution in [0.1, 0.15) is 19.4 Å². The van der Waals surface area contributed by atoms with E-state index in [0.29, 0.717) is 26.3 Å². The summed E-state index contributed by atoms with van der Waals surface area (Å²) in [5.74, 6) is -1.22. The highest BCUT2D eigenvalue weighted by molar-refractivity contribution is 6.10. The van der Waals surface area contributed by atoms with Crippen molar-refractivity contribution in [2.45, 2.75) is 20.0 Å². The lowest BCUT2D eigenvalue weighted by molar-refractivity contribution is -0.149. The van der Waals surface area contributed by atoms with Crippen molar-refractivity contribution in [3.05, 3.63) is 29.8 Å². The molecule has 0 atom stereocenters. The molecule has 1 heterocycles. The van der Waals surface area contributed by atoms with Gasteiger partial charge in [0, 0.05) is 13.1 Å². The van der Waals surface area contributed by atoms with Gasteiger partial charge < -0.3 is 15.0 Å². The zero-order valence-corrected chi connectivity index (χ0v) is 13.4. The molecule has 8 heteroatoms. The van der Waals surface area contributed by atoms with Crippen molar-refractivity contribution in [2.24, 2.45) is 5.41 Å². The highest BCUT2D eigenvalue weighted by atomic mass is 19.4. The molecule has 1 saturated heterocycles. The van der Waals surface area contributed by atoms with Crippen LogP contribution in [0.5, 0.6) is 0 Å². The summed E-state index contributed by atoms with van der Waals surface area (Å²) in [6.45, 7) is 4.26. The third-order valence-electron chi connectivity index (χ3n) is 3.88. The SMILES string of the molecule is CC(C)(C(=O)Nc1ccccc1C(F)(F)F)C(=O)N1CCOCC1. The number of rotatable bonds is 3. The number of morpholine rings is 1. The predicted octanol–water partition coefficient (Wildman–Crippen LogP) is 2.53. The van der Waals surface area contributed by atoms with Crippen LogP contribution < -0.4 is 5.32 Å². The van der Waals surface area contributed by atoms with Gasteiger partial charge >= 0.3 is 6.18 Å². The minimum Gasteiger partial charge on any atom is -0.378 e. The molecule has 0 saturated carbocycles. The first-order valence-corrected chi connectivity index (χ1v) is 7.49. The molecule has 0 radical (unpaired) electrons. The molecule has 0 bridgehead atoms. The van der Waals surface area contributed by atoms with Crippen LogP contribution in [-0.4, -0.2) is 43.0 Å². The first-order chi connectivity index (χ1) is 11.1. The highest BCUT2D eigenvalue weighted by Crippen LogP contribution is 2.35. The summed E-state index contributed by atoms with van der Waals surface area (Å²) in [7, 11) is 0. The van der Waals surface area contributed by atoms with Crippen LogP contribution in [0.25, 0.3) is 0 Å². The van der Waals surface area contributed by atoms with E-state index in [1.807, 2.05) is 0 Å². The van der Waals surface area contributed by atoms with Crippen molar-refractivity contribution < 1.29 is 27.5 Å². The Balaban J connectivity index is 2.18. The van der Waals surface area contributed by atoms with Crippen LogP contribution in [0.15, 0.2) is 24.3 Å². The number of nitrogens with one attached hydrogen (secondary N) is 1. The van der Waals surface area contributed by atoms with Crippen molar-refractivity contribution in [1.29, 1.82) is 0 Å². The van der Waals surface area contributed by atoms with Crippen LogP contribution in [0.4, 0.5) is 18.9 Å². The van der Waals surface area contributed by atoms with Gasteiger partial charge in [-0.05, 0) is 26.0 Å². The second-order valence-electron chi connectivity index (χ2n) is 6.03. The van der Waals surface area contributed by atoms with Crippen molar-refractivity contribution in [3.63, 3.8) is 0 Å². The second-order valence-corrected chi connectivity index (χ2v) is 6.03. The average Bonchev–Trinajstić information content (AvgIpc) is 2.54. The molecule has 0 unspecified atom stereocenters. The standard InChI is InChI=1S/C16H19F3N2O3/c1-15(2,14(23)21-7-9-24-10-8-21)13(22)20-12-6-4-3-5-11(12)16(17,18)19/h3-6H,7-10H2,1-2H3,(H,20,22). The number of ether oxygens (including phenoxy) is 1. The summed E-state index contributed by atoms with van der Waals surface area (Å²) in [5.41, 5.74) is -2.80. The number of benzene rings is 1. The Bertz CT molecular complexity index is 623. The molecule has 2 amide bonds. The summed E-state index contributed by atoms with van der Waals surface area (Å²) in [5, 5.41) is 2.24. The van der Waals surface area contributed by atoms with Crippen LogP contribution in [0, 0.1) is 5.41 Å². The molecule has 0 spiro atoms. The van der Waals surface area contributed by atoms with Gasteiger partial charge in [-0.2, -0.15) is 13.2 Å². The lowest BCUT2D eigenvalue weighted by atomic mass is 9.89. The molecule has 24 heavy (non-hydrogen) atoms. The first kappa shape index (κ1) is 18.3. The van der Waals surface area contributed by atoms with Gasteiger partial charge in [-0.25, -0.2) is 0 Å². The Labute approximate surface area is 137 Å². The van der Waals surface area contributed by atoms with Crippen molar-refractivity contribution >= 4 is 17.5 Å². The van der Waals surface area contributed by atoms with E-state index in [1.54, 1.807) is 0 Å². The van der Waals surface area contributed by atoms with Gasteiger partial charge in [0.1, 0.15) is 5.41 Å². The van der Waals surface area contributed by atoms with Gasteiger partial charge in [0.05, 0.1) is 24.5 Å². The minimum atomic E-state index is -4.60. The van der Waals surface area contributed by atoms with E-state index >= 15 is 0 Å². The summed E-state index contributed by atoms with van der Waals surface area (Å²) >= 11 is 0. The Hall–Kier alpha value is -2.09. The topological polar surface area (TPSA) is 58.6 Å². The molecule has 1 fully saturated rings. The third-order valence-corrected chi connectivity index (χ3v) is 3.88. The Morgan fingerprint density at radius 2 is 1.71 bits per heavy atom. The molecular weight excluding hydrogens is 325 g/mol. The molecule has 2 rings (SSSR count). The molecule has 1 aromatic carbocycles. The van der Waals surface area contributed by atoms with E-state index in [9.17, 15) is 22.8 Å². The molecule has 1 aliphatic rings. The molecule has 1 aliphatic heterocycles. The largest absolute Gasteiger partial charge is 0.418 e. The van der Waals surface area contributed by atoms with Gasteiger partial charge in [-0.1, -0.05) is 12.1 Å². The van der Waals surface area contributed by atoms with Crippen molar-refractivity contribution in [1.82, 2.24) is 4.90 Å². The van der Waals surface area contributed by atoms with Gasteiger partial charge in [-0.15, -0.1) is 0 Å². The fraction of sp³-hybridized carbons (Fsp3) is 0.500. The molecule has 5 nitrogen and oxygen atoms in total. The first-order valence-electron chi connectivity index (χ1n) is 7.49.